The molecule has 7 heteroatoms. The highest BCUT2D eigenvalue weighted by molar-refractivity contribution is 6.46. The fourth-order valence-corrected chi connectivity index (χ4v) is 3.90. The molecule has 176 valence electrons. The minimum Gasteiger partial charge on any atom is -0.489 e. The van der Waals surface area contributed by atoms with Gasteiger partial charge >= 0.3 is 0 Å². The van der Waals surface area contributed by atoms with Crippen LogP contribution in [0.25, 0.3) is 0 Å². The van der Waals surface area contributed by atoms with Crippen molar-refractivity contribution in [3.05, 3.63) is 95.3 Å². The van der Waals surface area contributed by atoms with Crippen LogP contribution >= 0.6 is 0 Å². The maximum atomic E-state index is 12.6. The molecule has 2 heterocycles. The molecule has 1 amide bonds. The van der Waals surface area contributed by atoms with Crippen LogP contribution in [0.15, 0.2) is 78.0 Å². The highest BCUT2D eigenvalue weighted by atomic mass is 16.5. The number of hydrogen-bond acceptors (Lipinski definition) is 6. The first-order valence-electron chi connectivity index (χ1n) is 11.4. The number of nitrogens with one attached hydrogen (secondary N) is 2. The van der Waals surface area contributed by atoms with Gasteiger partial charge in [0, 0.05) is 18.9 Å². The van der Waals surface area contributed by atoms with Gasteiger partial charge in [0.15, 0.2) is 0 Å². The normalized spacial score (nSPS) is 14.3. The Balaban J connectivity index is 1.52. The van der Waals surface area contributed by atoms with Crippen molar-refractivity contribution in [2.45, 2.75) is 31.8 Å². The molecule has 1 unspecified atom stereocenters. The van der Waals surface area contributed by atoms with Crippen molar-refractivity contribution in [2.75, 3.05) is 13.1 Å². The number of amides is 1. The molecule has 1 atom stereocenters. The summed E-state index contributed by atoms with van der Waals surface area (Å²) in [6.45, 7) is 5.17. The molecule has 0 aliphatic carbocycles. The Hall–Kier alpha value is -4.31. The first-order valence-corrected chi connectivity index (χ1v) is 11.4. The molecule has 1 aliphatic heterocycles. The van der Waals surface area contributed by atoms with Gasteiger partial charge in [-0.05, 0) is 60.4 Å². The molecule has 1 aliphatic rings. The van der Waals surface area contributed by atoms with E-state index in [1.165, 1.54) is 0 Å². The van der Waals surface area contributed by atoms with Crippen LogP contribution in [-0.4, -0.2) is 35.4 Å². The molecule has 0 spiro atoms. The van der Waals surface area contributed by atoms with Crippen molar-refractivity contribution < 1.29 is 9.53 Å². The number of aromatic nitrogens is 1. The fraction of sp³-hybridized carbons (Fsp3) is 0.250. The maximum Gasteiger partial charge on any atom is 0.266 e. The lowest BCUT2D eigenvalue weighted by Gasteiger charge is -2.23. The summed E-state index contributed by atoms with van der Waals surface area (Å²) in [5.41, 5.74) is 3.54. The van der Waals surface area contributed by atoms with E-state index in [1.807, 2.05) is 62.4 Å². The smallest absolute Gasteiger partial charge is 0.266 e. The van der Waals surface area contributed by atoms with Gasteiger partial charge in [0.2, 0.25) is 0 Å². The second-order valence-corrected chi connectivity index (χ2v) is 8.90. The molecule has 35 heavy (non-hydrogen) atoms. The van der Waals surface area contributed by atoms with Gasteiger partial charge in [-0.1, -0.05) is 36.4 Å². The predicted molar refractivity (Wildman–Crippen MR) is 135 cm³/mol. The highest BCUT2D eigenvalue weighted by Gasteiger charge is 2.30. The lowest BCUT2D eigenvalue weighted by atomic mass is 9.85. The number of benzene rings is 2. The van der Waals surface area contributed by atoms with Gasteiger partial charge in [0.1, 0.15) is 18.1 Å². The summed E-state index contributed by atoms with van der Waals surface area (Å²) in [7, 11) is 0. The van der Waals surface area contributed by atoms with Crippen LogP contribution in [0, 0.1) is 16.7 Å². The average molecular weight is 466 g/mol. The van der Waals surface area contributed by atoms with E-state index in [2.05, 4.69) is 21.4 Å². The molecule has 0 saturated carbocycles. The third-order valence-electron chi connectivity index (χ3n) is 6.04. The number of carbonyl (C=O) groups is 1. The Bertz CT molecular complexity index is 1270. The van der Waals surface area contributed by atoms with Crippen LogP contribution in [0.1, 0.15) is 42.0 Å². The van der Waals surface area contributed by atoms with E-state index in [0.717, 1.165) is 16.7 Å². The fourth-order valence-electron chi connectivity index (χ4n) is 3.90. The number of hydrogen-bond donors (Lipinski definition) is 2. The topological polar surface area (TPSA) is 111 Å². The SMILES string of the molecule is CC(C)(C#N)c1ccc(COc2ccc(C(C(=N)c3ccncc3)C3=NCCNC3=O)cc2)cc1. The molecular formula is C28H27N5O2. The first kappa shape index (κ1) is 23.8. The number of rotatable bonds is 8. The summed E-state index contributed by atoms with van der Waals surface area (Å²) in [6.07, 6.45) is 3.27. The minimum atomic E-state index is -0.595. The summed E-state index contributed by atoms with van der Waals surface area (Å²) < 4.78 is 5.95. The molecular weight excluding hydrogens is 438 g/mol. The molecule has 2 aromatic carbocycles. The van der Waals surface area contributed by atoms with Gasteiger partial charge in [0.25, 0.3) is 5.91 Å². The Labute approximate surface area is 205 Å². The van der Waals surface area contributed by atoms with Gasteiger partial charge in [0.05, 0.1) is 29.7 Å². The van der Waals surface area contributed by atoms with Crippen LogP contribution < -0.4 is 10.1 Å². The third kappa shape index (κ3) is 5.44. The monoisotopic (exact) mass is 465 g/mol. The minimum absolute atomic E-state index is 0.247. The van der Waals surface area contributed by atoms with E-state index >= 15 is 0 Å². The maximum absolute atomic E-state index is 12.6. The molecule has 7 nitrogen and oxygen atoms in total. The molecule has 1 aromatic heterocycles. The Kier molecular flexibility index (Phi) is 7.02. The largest absolute Gasteiger partial charge is 0.489 e. The van der Waals surface area contributed by atoms with Gasteiger partial charge in [-0.15, -0.1) is 0 Å². The zero-order chi connectivity index (χ0) is 24.8. The van der Waals surface area contributed by atoms with E-state index in [0.29, 0.717) is 36.7 Å². The van der Waals surface area contributed by atoms with Crippen molar-refractivity contribution >= 4 is 17.3 Å². The molecule has 2 N–H and O–H groups in total. The summed E-state index contributed by atoms with van der Waals surface area (Å²) >= 11 is 0. The van der Waals surface area contributed by atoms with Crippen LogP contribution in [-0.2, 0) is 16.8 Å². The standard InChI is InChI=1S/C28H27N5O2/c1-28(2,18-29)22-7-3-19(4-8-22)17-35-23-9-5-20(6-10-23)24(26-27(34)33-16-15-32-26)25(30)21-11-13-31-14-12-21/h3-14,24,30H,15-17H2,1-2H3,(H,33,34). The average Bonchev–Trinajstić information content (AvgIpc) is 2.90. The first-order chi connectivity index (χ1) is 16.9. The number of carbonyl (C=O) groups excluding carboxylic acids is 1. The quantitative estimate of drug-likeness (QED) is 0.486. The van der Waals surface area contributed by atoms with E-state index in [-0.39, 0.29) is 11.6 Å². The van der Waals surface area contributed by atoms with Crippen molar-refractivity contribution in [1.29, 1.82) is 10.7 Å². The van der Waals surface area contributed by atoms with Gasteiger partial charge in [-0.2, -0.15) is 5.26 Å². The third-order valence-corrected chi connectivity index (χ3v) is 6.04. The van der Waals surface area contributed by atoms with Gasteiger partial charge in [-0.3, -0.25) is 14.8 Å². The van der Waals surface area contributed by atoms with Crippen LogP contribution in [0.4, 0.5) is 0 Å². The van der Waals surface area contributed by atoms with E-state index < -0.39 is 11.3 Å². The second kappa shape index (κ2) is 10.3. The number of nitrogens with zero attached hydrogens (tertiary/aromatic N) is 3. The number of pyridine rings is 1. The Morgan fingerprint density at radius 1 is 1.11 bits per heavy atom. The van der Waals surface area contributed by atoms with E-state index in [9.17, 15) is 10.1 Å². The Morgan fingerprint density at radius 2 is 1.80 bits per heavy atom. The van der Waals surface area contributed by atoms with Gasteiger partial charge in [-0.25, -0.2) is 0 Å². The molecule has 4 rings (SSSR count). The molecule has 0 bridgehead atoms. The summed E-state index contributed by atoms with van der Waals surface area (Å²) in [5, 5.41) is 21.0. The molecule has 0 radical (unpaired) electrons. The van der Waals surface area contributed by atoms with Crippen LogP contribution in [0.2, 0.25) is 0 Å². The van der Waals surface area contributed by atoms with Crippen LogP contribution in [0.5, 0.6) is 5.75 Å². The number of aliphatic imine (C=N–C) groups is 1. The lowest BCUT2D eigenvalue weighted by molar-refractivity contribution is -0.115. The van der Waals surface area contributed by atoms with Crippen LogP contribution in [0.3, 0.4) is 0 Å². The molecule has 0 saturated heterocycles. The summed E-state index contributed by atoms with van der Waals surface area (Å²) in [6, 6.07) is 21.1. The highest BCUT2D eigenvalue weighted by Crippen LogP contribution is 2.27. The van der Waals surface area contributed by atoms with E-state index in [1.54, 1.807) is 24.5 Å². The zero-order valence-electron chi connectivity index (χ0n) is 19.8. The van der Waals surface area contributed by atoms with Crippen molar-refractivity contribution in [2.24, 2.45) is 4.99 Å². The molecule has 3 aromatic rings. The summed E-state index contributed by atoms with van der Waals surface area (Å²) in [5.74, 6) is -0.161. The lowest BCUT2D eigenvalue weighted by Crippen LogP contribution is -2.42. The van der Waals surface area contributed by atoms with Crippen molar-refractivity contribution in [3.8, 4) is 11.8 Å². The van der Waals surface area contributed by atoms with Crippen molar-refractivity contribution in [3.63, 3.8) is 0 Å². The number of nitriles is 1. The zero-order valence-corrected chi connectivity index (χ0v) is 19.8. The molecule has 0 fully saturated rings. The van der Waals surface area contributed by atoms with Gasteiger partial charge < -0.3 is 15.5 Å². The number of ether oxygens (including phenoxy) is 1. The second-order valence-electron chi connectivity index (χ2n) is 8.90. The summed E-state index contributed by atoms with van der Waals surface area (Å²) in [4.78, 5) is 21.1. The predicted octanol–water partition coefficient (Wildman–Crippen LogP) is 4.18. The van der Waals surface area contributed by atoms with Crippen molar-refractivity contribution in [1.82, 2.24) is 10.3 Å². The Morgan fingerprint density at radius 3 is 2.43 bits per heavy atom. The van der Waals surface area contributed by atoms with E-state index in [4.69, 9.17) is 10.1 Å².